The van der Waals surface area contributed by atoms with E-state index in [0.717, 1.165) is 44.9 Å². The Morgan fingerprint density at radius 1 is 0.923 bits per heavy atom. The van der Waals surface area contributed by atoms with Crippen LogP contribution < -0.4 is 0 Å². The molecule has 4 rings (SSSR count). The summed E-state index contributed by atoms with van der Waals surface area (Å²) in [6.07, 6.45) is 8.10. The summed E-state index contributed by atoms with van der Waals surface area (Å²) >= 11 is 0. The Hall–Kier alpha value is -0.450. The smallest absolute Gasteiger partial charge is 0.168 e. The van der Waals surface area contributed by atoms with Gasteiger partial charge in [-0.25, -0.2) is 0 Å². The second kappa shape index (κ2) is 5.55. The molecule has 0 aromatic heterocycles. The van der Waals surface area contributed by atoms with Crippen molar-refractivity contribution in [2.24, 2.45) is 28.1 Å². The van der Waals surface area contributed by atoms with Crippen molar-refractivity contribution in [3.8, 4) is 0 Å². The van der Waals surface area contributed by atoms with E-state index in [4.69, 9.17) is 9.47 Å². The van der Waals surface area contributed by atoms with Gasteiger partial charge in [0.1, 0.15) is 5.78 Å². The minimum atomic E-state index is -0.797. The zero-order chi connectivity index (χ0) is 19.0. The van der Waals surface area contributed by atoms with Crippen LogP contribution in [0.4, 0.5) is 0 Å². The predicted molar refractivity (Wildman–Crippen MR) is 99.6 cm³/mol. The van der Waals surface area contributed by atoms with E-state index in [2.05, 4.69) is 13.8 Å². The third-order valence-electron chi connectivity index (χ3n) is 9.99. The minimum Gasteiger partial charge on any atom is -0.389 e. The number of hydrogen-bond donors (Lipinski definition) is 1. The first kappa shape index (κ1) is 18.9. The average molecular weight is 365 g/mol. The third-order valence-corrected chi connectivity index (χ3v) is 9.99. The lowest BCUT2D eigenvalue weighted by Crippen LogP contribution is -2.65. The van der Waals surface area contributed by atoms with Crippen molar-refractivity contribution in [1.29, 1.82) is 0 Å². The van der Waals surface area contributed by atoms with Crippen molar-refractivity contribution < 1.29 is 19.4 Å². The quantitative estimate of drug-likeness (QED) is 0.750. The van der Waals surface area contributed by atoms with Gasteiger partial charge >= 0.3 is 0 Å². The van der Waals surface area contributed by atoms with Crippen molar-refractivity contribution in [1.82, 2.24) is 0 Å². The van der Waals surface area contributed by atoms with Gasteiger partial charge in [0.05, 0.1) is 11.0 Å². The highest BCUT2D eigenvalue weighted by Crippen LogP contribution is 2.71. The molecule has 0 unspecified atom stereocenters. The van der Waals surface area contributed by atoms with E-state index in [0.29, 0.717) is 24.5 Å². The number of Topliss-reactive ketones (excluding diaryl/α,β-unsaturated/α-hetero) is 1. The molecule has 4 fully saturated rings. The van der Waals surface area contributed by atoms with Crippen molar-refractivity contribution in [2.45, 2.75) is 89.9 Å². The topological polar surface area (TPSA) is 55.8 Å². The van der Waals surface area contributed by atoms with Gasteiger partial charge in [0.25, 0.3) is 0 Å². The van der Waals surface area contributed by atoms with Gasteiger partial charge in [0.15, 0.2) is 5.79 Å². The summed E-state index contributed by atoms with van der Waals surface area (Å²) in [6.45, 7) is 6.89. The molecule has 0 amide bonds. The summed E-state index contributed by atoms with van der Waals surface area (Å²) in [5.74, 6) is 0.559. The van der Waals surface area contributed by atoms with Crippen LogP contribution in [-0.4, -0.2) is 36.5 Å². The van der Waals surface area contributed by atoms with Gasteiger partial charge in [0.2, 0.25) is 0 Å². The fourth-order valence-corrected chi connectivity index (χ4v) is 7.78. The molecule has 26 heavy (non-hydrogen) atoms. The van der Waals surface area contributed by atoms with Crippen molar-refractivity contribution in [3.05, 3.63) is 0 Å². The molecule has 0 bridgehead atoms. The number of methoxy groups -OCH3 is 2. The lowest BCUT2D eigenvalue weighted by molar-refractivity contribution is -0.291. The molecule has 0 aromatic carbocycles. The first-order valence-corrected chi connectivity index (χ1v) is 10.5. The molecule has 0 saturated heterocycles. The number of ketones is 1. The van der Waals surface area contributed by atoms with Gasteiger partial charge in [-0.05, 0) is 68.1 Å². The molecule has 4 saturated carbocycles. The second-order valence-corrected chi connectivity index (χ2v) is 10.4. The van der Waals surface area contributed by atoms with E-state index in [1.165, 1.54) is 0 Å². The second-order valence-electron chi connectivity index (χ2n) is 10.4. The molecule has 0 aliphatic heterocycles. The molecular formula is C22H36O4. The van der Waals surface area contributed by atoms with Gasteiger partial charge < -0.3 is 14.6 Å². The zero-order valence-electron chi connectivity index (χ0n) is 17.2. The number of hydrogen-bond acceptors (Lipinski definition) is 4. The Labute approximate surface area is 158 Å². The van der Waals surface area contributed by atoms with E-state index in [1.807, 2.05) is 6.92 Å². The molecule has 1 N–H and O–H groups in total. The number of carbonyl (C=O) groups excluding carboxylic acids is 1. The molecular weight excluding hydrogens is 328 g/mol. The van der Waals surface area contributed by atoms with Gasteiger partial charge in [-0.2, -0.15) is 0 Å². The lowest BCUT2D eigenvalue weighted by atomic mass is 9.39. The standard InChI is InChI=1S/C22H36O4/c1-18-9-6-16-15(7-10-20(3)17(23)8-11-22(16,20)24)19(18,2)12-13-21(14-18,25-4)26-5/h15-16,24H,6-14H2,1-5H3/t15-,16+,18-,19+,20+,22+/m0/s1. The number of aliphatic hydroxyl groups is 1. The summed E-state index contributed by atoms with van der Waals surface area (Å²) in [5.41, 5.74) is -1.01. The van der Waals surface area contributed by atoms with Crippen LogP contribution in [0, 0.1) is 28.1 Å². The van der Waals surface area contributed by atoms with E-state index in [1.54, 1.807) is 14.2 Å². The SMILES string of the molecule is COC1(OC)CC[C@]2(C)[C@H]3CC[C@]4(C)C(=O)CC[C@@]4(O)[C@@H]3CC[C@@]2(C)C1. The van der Waals surface area contributed by atoms with Gasteiger partial charge in [-0.15, -0.1) is 0 Å². The highest BCUT2D eigenvalue weighted by molar-refractivity contribution is 5.88. The Balaban J connectivity index is 1.70. The van der Waals surface area contributed by atoms with Crippen LogP contribution in [-0.2, 0) is 14.3 Å². The average Bonchev–Trinajstić information content (AvgIpc) is 2.86. The fourth-order valence-electron chi connectivity index (χ4n) is 7.78. The summed E-state index contributed by atoms with van der Waals surface area (Å²) in [5, 5.41) is 11.7. The van der Waals surface area contributed by atoms with Crippen molar-refractivity contribution >= 4 is 5.78 Å². The largest absolute Gasteiger partial charge is 0.389 e. The highest BCUT2D eigenvalue weighted by atomic mass is 16.7. The van der Waals surface area contributed by atoms with Crippen LogP contribution in [0.5, 0.6) is 0 Å². The highest BCUT2D eigenvalue weighted by Gasteiger charge is 2.70. The van der Waals surface area contributed by atoms with E-state index >= 15 is 0 Å². The van der Waals surface area contributed by atoms with E-state index in [9.17, 15) is 9.90 Å². The van der Waals surface area contributed by atoms with Crippen LogP contribution in [0.3, 0.4) is 0 Å². The van der Waals surface area contributed by atoms with Crippen molar-refractivity contribution in [2.75, 3.05) is 14.2 Å². The maximum absolute atomic E-state index is 12.6. The maximum Gasteiger partial charge on any atom is 0.168 e. The molecule has 4 aliphatic carbocycles. The summed E-state index contributed by atoms with van der Waals surface area (Å²) in [7, 11) is 3.53. The molecule has 0 aromatic rings. The molecule has 148 valence electrons. The molecule has 4 heteroatoms. The van der Waals surface area contributed by atoms with E-state index < -0.39 is 16.8 Å². The maximum atomic E-state index is 12.6. The zero-order valence-corrected chi connectivity index (χ0v) is 17.2. The molecule has 0 spiro atoms. The number of ether oxygens (including phenoxy) is 2. The third kappa shape index (κ3) is 2.04. The first-order valence-electron chi connectivity index (χ1n) is 10.5. The Morgan fingerprint density at radius 3 is 2.23 bits per heavy atom. The summed E-state index contributed by atoms with van der Waals surface area (Å²) in [6, 6.07) is 0. The minimum absolute atomic E-state index is 0.144. The van der Waals surface area contributed by atoms with Crippen molar-refractivity contribution in [3.63, 3.8) is 0 Å². The predicted octanol–water partition coefficient (Wildman–Crippen LogP) is 4.09. The van der Waals surface area contributed by atoms with Crippen LogP contribution in [0.2, 0.25) is 0 Å². The number of carbonyl (C=O) groups is 1. The number of fused-ring (bicyclic) bond motifs is 5. The monoisotopic (exact) mass is 364 g/mol. The van der Waals surface area contributed by atoms with Gasteiger partial charge in [0, 0.05) is 33.5 Å². The van der Waals surface area contributed by atoms with Crippen LogP contribution in [0.25, 0.3) is 0 Å². The first-order chi connectivity index (χ1) is 12.1. The van der Waals surface area contributed by atoms with Crippen LogP contribution in [0.15, 0.2) is 0 Å². The molecule has 4 aliphatic rings. The molecule has 6 atom stereocenters. The lowest BCUT2D eigenvalue weighted by Gasteiger charge is -2.67. The Morgan fingerprint density at radius 2 is 1.58 bits per heavy atom. The van der Waals surface area contributed by atoms with Crippen LogP contribution in [0.1, 0.15) is 78.6 Å². The molecule has 4 nitrogen and oxygen atoms in total. The normalized spacial score (nSPS) is 52.9. The molecule has 0 heterocycles. The van der Waals surface area contributed by atoms with Gasteiger partial charge in [-0.1, -0.05) is 13.8 Å². The Bertz CT molecular complexity index is 613. The van der Waals surface area contributed by atoms with Crippen LogP contribution >= 0.6 is 0 Å². The van der Waals surface area contributed by atoms with E-state index in [-0.39, 0.29) is 16.7 Å². The summed E-state index contributed by atoms with van der Waals surface area (Å²) < 4.78 is 11.7. The molecule has 0 radical (unpaired) electrons. The Kier molecular flexibility index (Phi) is 4.03. The summed E-state index contributed by atoms with van der Waals surface area (Å²) in [4.78, 5) is 12.6. The number of rotatable bonds is 2. The fraction of sp³-hybridized carbons (Fsp3) is 0.955. The van der Waals surface area contributed by atoms with Gasteiger partial charge in [-0.3, -0.25) is 4.79 Å².